The Hall–Kier alpha value is -3.01. The molecule has 0 aliphatic heterocycles. The second-order valence-corrected chi connectivity index (χ2v) is 6.25. The number of anilines is 2. The van der Waals surface area contributed by atoms with E-state index in [0.717, 1.165) is 12.1 Å². The SMILES string of the molecule is Fc1cccc2sc(Nc3nnc(-c4cccc(C(F)(F)F)c4)o3)nc12. The molecule has 0 radical (unpaired) electrons. The van der Waals surface area contributed by atoms with Gasteiger partial charge in [-0.1, -0.05) is 28.6 Å². The summed E-state index contributed by atoms with van der Waals surface area (Å²) in [6.07, 6.45) is -4.47. The van der Waals surface area contributed by atoms with Crippen molar-refractivity contribution in [3.63, 3.8) is 0 Å². The Balaban J connectivity index is 1.61. The molecule has 0 atom stereocenters. The molecule has 0 unspecified atom stereocenters. The minimum atomic E-state index is -4.47. The zero-order valence-electron chi connectivity index (χ0n) is 12.7. The van der Waals surface area contributed by atoms with Gasteiger partial charge in [0.05, 0.1) is 10.3 Å². The molecule has 4 rings (SSSR count). The van der Waals surface area contributed by atoms with Crippen LogP contribution in [0, 0.1) is 5.82 Å². The third-order valence-corrected chi connectivity index (χ3v) is 4.38. The van der Waals surface area contributed by atoms with Crippen molar-refractivity contribution >= 4 is 32.7 Å². The zero-order valence-corrected chi connectivity index (χ0v) is 13.5. The Kier molecular flexibility index (Phi) is 3.83. The summed E-state index contributed by atoms with van der Waals surface area (Å²) >= 11 is 1.18. The fourth-order valence-corrected chi connectivity index (χ4v) is 3.15. The fraction of sp³-hybridized carbons (Fsp3) is 0.0625. The van der Waals surface area contributed by atoms with Crippen LogP contribution >= 0.6 is 11.3 Å². The highest BCUT2D eigenvalue weighted by Gasteiger charge is 2.30. The highest BCUT2D eigenvalue weighted by atomic mass is 32.1. The van der Waals surface area contributed by atoms with Crippen molar-refractivity contribution in [3.8, 4) is 11.5 Å². The van der Waals surface area contributed by atoms with Crippen LogP contribution in [0.25, 0.3) is 21.7 Å². The third-order valence-electron chi connectivity index (χ3n) is 3.45. The smallest absolute Gasteiger partial charge is 0.403 e. The average Bonchev–Trinajstić information content (AvgIpc) is 3.22. The van der Waals surface area contributed by atoms with E-state index in [1.54, 1.807) is 12.1 Å². The van der Waals surface area contributed by atoms with E-state index in [1.165, 1.54) is 29.5 Å². The molecule has 0 aliphatic carbocycles. The molecule has 5 nitrogen and oxygen atoms in total. The highest BCUT2D eigenvalue weighted by molar-refractivity contribution is 7.22. The van der Waals surface area contributed by atoms with Crippen molar-refractivity contribution in [3.05, 3.63) is 53.8 Å². The van der Waals surface area contributed by atoms with Gasteiger partial charge in [0.15, 0.2) is 5.13 Å². The van der Waals surface area contributed by atoms with Crippen molar-refractivity contribution in [2.45, 2.75) is 6.18 Å². The van der Waals surface area contributed by atoms with Crippen LogP contribution in [0.2, 0.25) is 0 Å². The van der Waals surface area contributed by atoms with Crippen LogP contribution in [0.1, 0.15) is 5.56 Å². The maximum absolute atomic E-state index is 13.7. The monoisotopic (exact) mass is 380 g/mol. The summed E-state index contributed by atoms with van der Waals surface area (Å²) in [6, 6.07) is 9.08. The third kappa shape index (κ3) is 3.10. The van der Waals surface area contributed by atoms with Crippen LogP contribution in [0.5, 0.6) is 0 Å². The van der Waals surface area contributed by atoms with Gasteiger partial charge in [0.1, 0.15) is 11.3 Å². The zero-order chi connectivity index (χ0) is 18.3. The first kappa shape index (κ1) is 16.5. The number of rotatable bonds is 3. The number of nitrogens with one attached hydrogen (secondary N) is 1. The van der Waals surface area contributed by atoms with Gasteiger partial charge < -0.3 is 4.42 Å². The molecule has 0 amide bonds. The number of fused-ring (bicyclic) bond motifs is 1. The van der Waals surface area contributed by atoms with Crippen molar-refractivity contribution < 1.29 is 22.0 Å². The van der Waals surface area contributed by atoms with E-state index in [4.69, 9.17) is 4.42 Å². The van der Waals surface area contributed by atoms with Crippen LogP contribution in [0.15, 0.2) is 46.9 Å². The Morgan fingerprint density at radius 1 is 1.04 bits per heavy atom. The van der Waals surface area contributed by atoms with E-state index in [1.807, 2.05) is 0 Å². The minimum absolute atomic E-state index is 0.0584. The van der Waals surface area contributed by atoms with Gasteiger partial charge in [0.25, 0.3) is 0 Å². The lowest BCUT2D eigenvalue weighted by Gasteiger charge is -2.06. The lowest BCUT2D eigenvalue weighted by molar-refractivity contribution is -0.137. The maximum Gasteiger partial charge on any atom is 0.416 e. The molecule has 0 aliphatic rings. The van der Waals surface area contributed by atoms with Gasteiger partial charge in [0, 0.05) is 5.56 Å². The van der Waals surface area contributed by atoms with E-state index in [-0.39, 0.29) is 23.0 Å². The predicted molar refractivity (Wildman–Crippen MR) is 87.6 cm³/mol. The summed E-state index contributed by atoms with van der Waals surface area (Å²) in [6.45, 7) is 0. The molecular weight excluding hydrogens is 372 g/mol. The van der Waals surface area contributed by atoms with Crippen molar-refractivity contribution in [1.82, 2.24) is 15.2 Å². The number of para-hydroxylation sites is 1. The summed E-state index contributed by atoms with van der Waals surface area (Å²) in [5, 5.41) is 10.5. The van der Waals surface area contributed by atoms with Gasteiger partial charge in [-0.15, -0.1) is 5.10 Å². The number of halogens is 4. The standard InChI is InChI=1S/C16H8F4N4OS/c17-10-5-2-6-11-12(10)21-15(26-11)22-14-24-23-13(25-14)8-3-1-4-9(7-8)16(18,19)20/h1-7H,(H,21,22,24). The van der Waals surface area contributed by atoms with Gasteiger partial charge >= 0.3 is 12.2 Å². The first-order valence-corrected chi connectivity index (χ1v) is 8.05. The van der Waals surface area contributed by atoms with Crippen molar-refractivity contribution in [2.75, 3.05) is 5.32 Å². The topological polar surface area (TPSA) is 63.8 Å². The Morgan fingerprint density at radius 3 is 2.62 bits per heavy atom. The number of aromatic nitrogens is 3. The number of hydrogen-bond acceptors (Lipinski definition) is 6. The maximum atomic E-state index is 13.7. The number of nitrogens with zero attached hydrogens (tertiary/aromatic N) is 3. The summed E-state index contributed by atoms with van der Waals surface area (Å²) in [7, 11) is 0. The Bertz CT molecular complexity index is 1090. The number of hydrogen-bond donors (Lipinski definition) is 1. The second-order valence-electron chi connectivity index (χ2n) is 5.22. The van der Waals surface area contributed by atoms with E-state index >= 15 is 0 Å². The van der Waals surface area contributed by atoms with E-state index < -0.39 is 17.6 Å². The van der Waals surface area contributed by atoms with Crippen LogP contribution in [0.4, 0.5) is 28.7 Å². The molecule has 26 heavy (non-hydrogen) atoms. The molecule has 2 aromatic carbocycles. The molecule has 0 saturated heterocycles. The van der Waals surface area contributed by atoms with Gasteiger partial charge in [-0.05, 0) is 30.3 Å². The molecule has 2 aromatic heterocycles. The Labute approximate surface area is 147 Å². The summed E-state index contributed by atoms with van der Waals surface area (Å²) in [4.78, 5) is 4.09. The summed E-state index contributed by atoms with van der Waals surface area (Å²) in [5.41, 5.74) is -0.474. The molecular formula is C16H8F4N4OS. The first-order valence-electron chi connectivity index (χ1n) is 7.23. The van der Waals surface area contributed by atoms with Crippen molar-refractivity contribution in [1.29, 1.82) is 0 Å². The Morgan fingerprint density at radius 2 is 1.85 bits per heavy atom. The van der Waals surface area contributed by atoms with Crippen LogP contribution in [0.3, 0.4) is 0 Å². The van der Waals surface area contributed by atoms with Crippen LogP contribution in [-0.2, 0) is 6.18 Å². The predicted octanol–water partition coefficient (Wildman–Crippen LogP) is 5.25. The molecule has 2 heterocycles. The second kappa shape index (κ2) is 6.06. The van der Waals surface area contributed by atoms with Crippen LogP contribution in [-0.4, -0.2) is 15.2 Å². The quantitative estimate of drug-likeness (QED) is 0.492. The van der Waals surface area contributed by atoms with Gasteiger partial charge in [-0.2, -0.15) is 13.2 Å². The van der Waals surface area contributed by atoms with E-state index in [9.17, 15) is 17.6 Å². The molecule has 0 bridgehead atoms. The molecule has 0 spiro atoms. The van der Waals surface area contributed by atoms with Gasteiger partial charge in [-0.3, -0.25) is 5.32 Å². The molecule has 132 valence electrons. The number of thiazole rings is 1. The fourth-order valence-electron chi connectivity index (χ4n) is 2.28. The minimum Gasteiger partial charge on any atom is -0.403 e. The average molecular weight is 380 g/mol. The molecule has 10 heteroatoms. The highest BCUT2D eigenvalue weighted by Crippen LogP contribution is 2.33. The van der Waals surface area contributed by atoms with Gasteiger partial charge in [0.2, 0.25) is 5.89 Å². The lowest BCUT2D eigenvalue weighted by atomic mass is 10.1. The van der Waals surface area contributed by atoms with Crippen LogP contribution < -0.4 is 5.32 Å². The largest absolute Gasteiger partial charge is 0.416 e. The van der Waals surface area contributed by atoms with Gasteiger partial charge in [-0.25, -0.2) is 9.37 Å². The first-order chi connectivity index (χ1) is 12.4. The summed E-state index contributed by atoms with van der Waals surface area (Å²) in [5.74, 6) is -0.534. The van der Waals surface area contributed by atoms with E-state index in [0.29, 0.717) is 9.83 Å². The molecule has 0 fully saturated rings. The van der Waals surface area contributed by atoms with E-state index in [2.05, 4.69) is 20.5 Å². The number of benzene rings is 2. The molecule has 1 N–H and O–H groups in total. The summed E-state index contributed by atoms with van der Waals surface area (Å²) < 4.78 is 58.0. The normalized spacial score (nSPS) is 11.8. The molecule has 4 aromatic rings. The molecule has 0 saturated carbocycles. The number of alkyl halides is 3. The lowest BCUT2D eigenvalue weighted by Crippen LogP contribution is -2.04. The van der Waals surface area contributed by atoms with Crippen molar-refractivity contribution in [2.24, 2.45) is 0 Å².